The highest BCUT2D eigenvalue weighted by Gasteiger charge is 2.20. The van der Waals surface area contributed by atoms with E-state index in [2.05, 4.69) is 4.98 Å². The van der Waals surface area contributed by atoms with Crippen LogP contribution in [-0.2, 0) is 10.0 Å². The Kier molecular flexibility index (Phi) is 3.45. The molecule has 15 heavy (non-hydrogen) atoms. The fourth-order valence-corrected chi connectivity index (χ4v) is 2.70. The van der Waals surface area contributed by atoms with Gasteiger partial charge in [-0.2, -0.15) is 0 Å². The molecule has 0 amide bonds. The van der Waals surface area contributed by atoms with Crippen molar-refractivity contribution in [3.8, 4) is 0 Å². The van der Waals surface area contributed by atoms with Gasteiger partial charge in [-0.25, -0.2) is 27.3 Å². The smallest absolute Gasteiger partial charge is 0.280 e. The minimum Gasteiger partial charge on any atom is -0.383 e. The summed E-state index contributed by atoms with van der Waals surface area (Å²) < 4.78 is 46.7. The summed E-state index contributed by atoms with van der Waals surface area (Å²) in [6, 6.07) is 0.720. The van der Waals surface area contributed by atoms with Crippen LogP contribution in [0.3, 0.4) is 0 Å². The van der Waals surface area contributed by atoms with Crippen molar-refractivity contribution in [2.45, 2.75) is 11.3 Å². The lowest BCUT2D eigenvalue weighted by atomic mass is 10.3. The van der Waals surface area contributed by atoms with E-state index in [-0.39, 0.29) is 9.39 Å². The number of sulfonamides is 1. The summed E-state index contributed by atoms with van der Waals surface area (Å²) in [5.41, 5.74) is 4.57. The van der Waals surface area contributed by atoms with E-state index >= 15 is 0 Å². The van der Waals surface area contributed by atoms with Crippen LogP contribution in [0.15, 0.2) is 11.0 Å². The molecule has 0 aliphatic heterocycles. The van der Waals surface area contributed by atoms with E-state index in [0.29, 0.717) is 0 Å². The molecule has 84 valence electrons. The summed E-state index contributed by atoms with van der Waals surface area (Å²) in [5, 5.41) is 4.83. The molecule has 0 radical (unpaired) electrons. The van der Waals surface area contributed by atoms with E-state index in [1.165, 1.54) is 0 Å². The van der Waals surface area contributed by atoms with Gasteiger partial charge in [0.15, 0.2) is 0 Å². The number of hydrogen-bond acceptors (Lipinski definition) is 4. The van der Waals surface area contributed by atoms with E-state index in [0.717, 1.165) is 6.07 Å². The maximum atomic E-state index is 12.3. The van der Waals surface area contributed by atoms with E-state index < -0.39 is 27.0 Å². The Bertz CT molecular complexity index is 491. The van der Waals surface area contributed by atoms with Gasteiger partial charge in [0.05, 0.1) is 3.57 Å². The van der Waals surface area contributed by atoms with Crippen LogP contribution in [0.1, 0.15) is 12.1 Å². The van der Waals surface area contributed by atoms with E-state index in [1.54, 1.807) is 22.6 Å². The van der Waals surface area contributed by atoms with Crippen molar-refractivity contribution < 1.29 is 17.2 Å². The van der Waals surface area contributed by atoms with Gasteiger partial charge in [-0.1, -0.05) is 0 Å². The zero-order valence-electron chi connectivity index (χ0n) is 7.12. The number of nitrogens with two attached hydrogens (primary N) is 2. The first-order valence-corrected chi connectivity index (χ1v) is 6.13. The zero-order valence-corrected chi connectivity index (χ0v) is 10.1. The third-order valence-electron chi connectivity index (χ3n) is 1.50. The SMILES string of the molecule is Nc1nc(C(F)F)cc(S(N)(=O)=O)c1I. The number of rotatable bonds is 2. The number of halogens is 3. The van der Waals surface area contributed by atoms with Crippen LogP contribution in [-0.4, -0.2) is 13.4 Å². The predicted octanol–water partition coefficient (Wildman–Crippen LogP) is 0.853. The monoisotopic (exact) mass is 349 g/mol. The molecule has 0 fully saturated rings. The molecule has 4 N–H and O–H groups in total. The van der Waals surface area contributed by atoms with Gasteiger partial charge in [0.1, 0.15) is 16.4 Å². The Balaban J connectivity index is 3.52. The predicted molar refractivity (Wildman–Crippen MR) is 57.7 cm³/mol. The van der Waals surface area contributed by atoms with Crippen molar-refractivity contribution in [2.75, 3.05) is 5.73 Å². The summed E-state index contributed by atoms with van der Waals surface area (Å²) in [6.07, 6.45) is -2.90. The van der Waals surface area contributed by atoms with Crippen molar-refractivity contribution >= 4 is 38.4 Å². The molecule has 0 saturated carbocycles. The Morgan fingerprint density at radius 2 is 2.00 bits per heavy atom. The lowest BCUT2D eigenvalue weighted by molar-refractivity contribution is 0.146. The van der Waals surface area contributed by atoms with E-state index in [9.17, 15) is 17.2 Å². The average molecular weight is 349 g/mol. The molecule has 0 saturated heterocycles. The summed E-state index contributed by atoms with van der Waals surface area (Å²) in [6.45, 7) is 0. The number of pyridine rings is 1. The molecule has 0 aliphatic rings. The lowest BCUT2D eigenvalue weighted by Gasteiger charge is -2.07. The van der Waals surface area contributed by atoms with Crippen molar-refractivity contribution in [1.29, 1.82) is 0 Å². The van der Waals surface area contributed by atoms with Crippen LogP contribution in [0.25, 0.3) is 0 Å². The second kappa shape index (κ2) is 4.14. The third-order valence-corrected chi connectivity index (χ3v) is 3.93. The number of nitrogens with zero attached hydrogens (tertiary/aromatic N) is 1. The summed E-state index contributed by atoms with van der Waals surface area (Å²) in [4.78, 5) is 2.91. The molecule has 1 aromatic heterocycles. The van der Waals surface area contributed by atoms with Crippen LogP contribution in [0.2, 0.25) is 0 Å². The molecule has 0 spiro atoms. The fourth-order valence-electron chi connectivity index (χ4n) is 0.863. The fraction of sp³-hybridized carbons (Fsp3) is 0.167. The number of alkyl halides is 2. The lowest BCUT2D eigenvalue weighted by Crippen LogP contribution is -2.16. The standard InChI is InChI=1S/C6H6F2IN3O2S/c7-5(8)2-1-3(15(11,13)14)4(9)6(10)12-2/h1,5H,(H2,10,12)(H2,11,13,14). The molecule has 5 nitrogen and oxygen atoms in total. The molecule has 0 aromatic carbocycles. The molecule has 0 bridgehead atoms. The van der Waals surface area contributed by atoms with Gasteiger partial charge in [0, 0.05) is 0 Å². The number of anilines is 1. The summed E-state index contributed by atoms with van der Waals surface area (Å²) in [7, 11) is -4.07. The van der Waals surface area contributed by atoms with Crippen LogP contribution in [0, 0.1) is 3.57 Å². The zero-order chi connectivity index (χ0) is 11.8. The highest BCUT2D eigenvalue weighted by molar-refractivity contribution is 14.1. The second-order valence-electron chi connectivity index (χ2n) is 2.59. The van der Waals surface area contributed by atoms with Gasteiger partial charge in [-0.05, 0) is 28.7 Å². The third kappa shape index (κ3) is 2.72. The van der Waals surface area contributed by atoms with Gasteiger partial charge in [0.2, 0.25) is 10.0 Å². The first-order chi connectivity index (χ1) is 6.73. The Hall–Kier alpha value is -0.550. The molecule has 1 rings (SSSR count). The molecule has 0 atom stereocenters. The molecule has 9 heteroatoms. The Labute approximate surface area is 98.0 Å². The first kappa shape index (κ1) is 12.5. The minimum atomic E-state index is -4.07. The molecule has 0 unspecified atom stereocenters. The van der Waals surface area contributed by atoms with Crippen molar-refractivity contribution in [2.24, 2.45) is 5.14 Å². The number of hydrogen-bond donors (Lipinski definition) is 2. The molecular weight excluding hydrogens is 343 g/mol. The number of nitrogen functional groups attached to an aromatic ring is 1. The molecule has 0 aliphatic carbocycles. The van der Waals surface area contributed by atoms with Gasteiger partial charge in [-0.15, -0.1) is 0 Å². The Morgan fingerprint density at radius 1 is 1.47 bits per heavy atom. The average Bonchev–Trinajstić information content (AvgIpc) is 2.06. The molecule has 1 aromatic rings. The summed E-state index contributed by atoms with van der Waals surface area (Å²) in [5.74, 6) is -0.280. The number of aromatic nitrogens is 1. The van der Waals surface area contributed by atoms with Crippen molar-refractivity contribution in [1.82, 2.24) is 4.98 Å². The largest absolute Gasteiger partial charge is 0.383 e. The van der Waals surface area contributed by atoms with E-state index in [4.69, 9.17) is 10.9 Å². The maximum Gasteiger partial charge on any atom is 0.280 e. The van der Waals surface area contributed by atoms with Crippen LogP contribution < -0.4 is 10.9 Å². The Morgan fingerprint density at radius 3 is 2.40 bits per heavy atom. The second-order valence-corrected chi connectivity index (χ2v) is 5.20. The highest BCUT2D eigenvalue weighted by Crippen LogP contribution is 2.26. The summed E-state index contributed by atoms with van der Waals surface area (Å²) >= 11 is 1.58. The molecular formula is C6H6F2IN3O2S. The molecule has 1 heterocycles. The van der Waals surface area contributed by atoms with E-state index in [1.807, 2.05) is 0 Å². The van der Waals surface area contributed by atoms with Gasteiger partial charge in [0.25, 0.3) is 6.43 Å². The van der Waals surface area contributed by atoms with Crippen molar-refractivity contribution in [3.05, 3.63) is 15.3 Å². The number of primary sulfonamides is 1. The normalized spacial score (nSPS) is 12.1. The van der Waals surface area contributed by atoms with Crippen LogP contribution in [0.4, 0.5) is 14.6 Å². The minimum absolute atomic E-state index is 0.0412. The van der Waals surface area contributed by atoms with Crippen molar-refractivity contribution in [3.63, 3.8) is 0 Å². The van der Waals surface area contributed by atoms with Crippen LogP contribution in [0.5, 0.6) is 0 Å². The topological polar surface area (TPSA) is 99.1 Å². The van der Waals surface area contributed by atoms with Gasteiger partial charge >= 0.3 is 0 Å². The van der Waals surface area contributed by atoms with Crippen LogP contribution >= 0.6 is 22.6 Å². The van der Waals surface area contributed by atoms with Gasteiger partial charge in [-0.3, -0.25) is 0 Å². The first-order valence-electron chi connectivity index (χ1n) is 3.50. The van der Waals surface area contributed by atoms with Gasteiger partial charge < -0.3 is 5.73 Å². The highest BCUT2D eigenvalue weighted by atomic mass is 127. The quantitative estimate of drug-likeness (QED) is 0.774. The maximum absolute atomic E-state index is 12.3.